The summed E-state index contributed by atoms with van der Waals surface area (Å²) in [6.07, 6.45) is -2.30. The lowest BCUT2D eigenvalue weighted by Gasteiger charge is -2.32. The van der Waals surface area contributed by atoms with Gasteiger partial charge in [-0.3, -0.25) is 0 Å². The number of hydrogen-bond acceptors (Lipinski definition) is 1. The van der Waals surface area contributed by atoms with Gasteiger partial charge in [0.1, 0.15) is 0 Å². The number of carbonyl (C=O) groups excluding carboxylic acids is 1. The largest absolute Gasteiger partial charge is 0.416 e. The quantitative estimate of drug-likeness (QED) is 0.871. The zero-order chi connectivity index (χ0) is 16.3. The van der Waals surface area contributed by atoms with E-state index in [0.29, 0.717) is 24.6 Å². The molecule has 0 saturated carbocycles. The number of halogens is 3. The van der Waals surface area contributed by atoms with Crippen LogP contribution in [0.5, 0.6) is 0 Å². The van der Waals surface area contributed by atoms with Gasteiger partial charge in [-0.05, 0) is 43.4 Å². The van der Waals surface area contributed by atoms with Crippen LogP contribution in [0.1, 0.15) is 43.9 Å². The molecule has 2 rings (SSSR count). The normalized spacial score (nSPS) is 20.6. The molecular formula is C16H21F3N2O. The Kier molecular flexibility index (Phi) is 4.98. The highest BCUT2D eigenvalue weighted by atomic mass is 19.4. The zero-order valence-electron chi connectivity index (χ0n) is 12.8. The maximum absolute atomic E-state index is 12.7. The van der Waals surface area contributed by atoms with Gasteiger partial charge < -0.3 is 10.2 Å². The summed E-state index contributed by atoms with van der Waals surface area (Å²) in [5.74, 6) is 0.461. The van der Waals surface area contributed by atoms with E-state index in [9.17, 15) is 18.0 Å². The van der Waals surface area contributed by atoms with E-state index in [0.717, 1.165) is 25.0 Å². The van der Waals surface area contributed by atoms with Gasteiger partial charge in [-0.1, -0.05) is 19.1 Å². The molecule has 2 amide bonds. The first kappa shape index (κ1) is 16.6. The van der Waals surface area contributed by atoms with Crippen LogP contribution in [0.4, 0.5) is 18.0 Å². The predicted molar refractivity (Wildman–Crippen MR) is 78.4 cm³/mol. The second kappa shape index (κ2) is 6.58. The maximum atomic E-state index is 12.7. The average Bonchev–Trinajstić information content (AvgIpc) is 2.46. The number of urea groups is 1. The minimum Gasteiger partial charge on any atom is -0.331 e. The number of piperidine rings is 1. The highest BCUT2D eigenvalue weighted by Crippen LogP contribution is 2.30. The van der Waals surface area contributed by atoms with E-state index in [-0.39, 0.29) is 6.03 Å². The van der Waals surface area contributed by atoms with Crippen LogP contribution in [-0.2, 0) is 6.18 Å². The third-order valence-corrected chi connectivity index (χ3v) is 4.00. The molecule has 1 aromatic carbocycles. The average molecular weight is 314 g/mol. The topological polar surface area (TPSA) is 32.3 Å². The number of rotatable bonds is 2. The van der Waals surface area contributed by atoms with Gasteiger partial charge in [0.15, 0.2) is 0 Å². The standard InChI is InChI=1S/C16H21F3N2O/c1-11-5-4-8-21(10-11)15(22)20-12(2)13-6-3-7-14(9-13)16(17,18)19/h3,6-7,9,11-12H,4-5,8,10H2,1-2H3,(H,20,22). The third-order valence-electron chi connectivity index (χ3n) is 4.00. The lowest BCUT2D eigenvalue weighted by molar-refractivity contribution is -0.137. The first-order valence-corrected chi connectivity index (χ1v) is 7.50. The monoisotopic (exact) mass is 314 g/mol. The van der Waals surface area contributed by atoms with Crippen molar-refractivity contribution in [3.05, 3.63) is 35.4 Å². The molecule has 6 heteroatoms. The van der Waals surface area contributed by atoms with Gasteiger partial charge in [-0.2, -0.15) is 13.2 Å². The van der Waals surface area contributed by atoms with Crippen molar-refractivity contribution in [2.24, 2.45) is 5.92 Å². The molecule has 3 nitrogen and oxygen atoms in total. The van der Waals surface area contributed by atoms with Crippen LogP contribution in [0, 0.1) is 5.92 Å². The lowest BCUT2D eigenvalue weighted by atomic mass is 10.0. The second-order valence-corrected chi connectivity index (χ2v) is 5.99. The molecule has 0 radical (unpaired) electrons. The van der Waals surface area contributed by atoms with Crippen molar-refractivity contribution in [1.82, 2.24) is 10.2 Å². The van der Waals surface area contributed by atoms with Crippen molar-refractivity contribution in [2.75, 3.05) is 13.1 Å². The summed E-state index contributed by atoms with van der Waals surface area (Å²) in [6.45, 7) is 5.18. The third kappa shape index (κ3) is 4.15. The highest BCUT2D eigenvalue weighted by molar-refractivity contribution is 5.74. The predicted octanol–water partition coefficient (Wildman–Crippen LogP) is 4.21. The number of carbonyl (C=O) groups is 1. The Labute approximate surface area is 128 Å². The number of nitrogens with one attached hydrogen (secondary N) is 1. The summed E-state index contributed by atoms with van der Waals surface area (Å²) < 4.78 is 38.2. The summed E-state index contributed by atoms with van der Waals surface area (Å²) in [4.78, 5) is 13.9. The van der Waals surface area contributed by atoms with Crippen LogP contribution in [-0.4, -0.2) is 24.0 Å². The van der Waals surface area contributed by atoms with Crippen molar-refractivity contribution in [1.29, 1.82) is 0 Å². The van der Waals surface area contributed by atoms with Crippen molar-refractivity contribution >= 4 is 6.03 Å². The van der Waals surface area contributed by atoms with Crippen LogP contribution in [0.2, 0.25) is 0 Å². The smallest absolute Gasteiger partial charge is 0.331 e. The number of amides is 2. The number of benzene rings is 1. The van der Waals surface area contributed by atoms with Gasteiger partial charge in [0.25, 0.3) is 0 Å². The van der Waals surface area contributed by atoms with Crippen molar-refractivity contribution in [3.8, 4) is 0 Å². The van der Waals surface area contributed by atoms with Gasteiger partial charge in [0, 0.05) is 13.1 Å². The molecule has 1 N–H and O–H groups in total. The van der Waals surface area contributed by atoms with Crippen LogP contribution in [0.3, 0.4) is 0 Å². The summed E-state index contributed by atoms with van der Waals surface area (Å²) in [7, 11) is 0. The highest BCUT2D eigenvalue weighted by Gasteiger charge is 2.31. The molecule has 1 heterocycles. The van der Waals surface area contributed by atoms with Crippen molar-refractivity contribution in [2.45, 2.75) is 38.9 Å². The van der Waals surface area contributed by atoms with Gasteiger partial charge in [0.05, 0.1) is 11.6 Å². The molecule has 1 fully saturated rings. The Balaban J connectivity index is 2.02. The van der Waals surface area contributed by atoms with E-state index in [1.807, 2.05) is 0 Å². The van der Waals surface area contributed by atoms with Crippen molar-refractivity contribution in [3.63, 3.8) is 0 Å². The van der Waals surface area contributed by atoms with Crippen LogP contribution in [0.15, 0.2) is 24.3 Å². The molecule has 1 aliphatic rings. The summed E-state index contributed by atoms with van der Waals surface area (Å²) >= 11 is 0. The first-order valence-electron chi connectivity index (χ1n) is 7.50. The van der Waals surface area contributed by atoms with Crippen molar-refractivity contribution < 1.29 is 18.0 Å². The molecule has 122 valence electrons. The Morgan fingerprint density at radius 2 is 2.14 bits per heavy atom. The minimum atomic E-state index is -4.37. The Morgan fingerprint density at radius 3 is 2.77 bits per heavy atom. The van der Waals surface area contributed by atoms with E-state index < -0.39 is 17.8 Å². The SMILES string of the molecule is CC1CCCN(C(=O)NC(C)c2cccc(C(F)(F)F)c2)C1. The van der Waals surface area contributed by atoms with E-state index >= 15 is 0 Å². The maximum Gasteiger partial charge on any atom is 0.416 e. The van der Waals surface area contributed by atoms with E-state index in [1.165, 1.54) is 6.07 Å². The lowest BCUT2D eigenvalue weighted by Crippen LogP contribution is -2.45. The van der Waals surface area contributed by atoms with E-state index in [4.69, 9.17) is 0 Å². The fraction of sp³-hybridized carbons (Fsp3) is 0.562. The molecule has 1 saturated heterocycles. The van der Waals surface area contributed by atoms with E-state index in [2.05, 4.69) is 12.2 Å². The zero-order valence-corrected chi connectivity index (χ0v) is 12.8. The van der Waals surface area contributed by atoms with Crippen LogP contribution in [0.25, 0.3) is 0 Å². The van der Waals surface area contributed by atoms with Crippen LogP contribution >= 0.6 is 0 Å². The Morgan fingerprint density at radius 1 is 1.41 bits per heavy atom. The summed E-state index contributed by atoms with van der Waals surface area (Å²) in [6, 6.07) is 4.40. The minimum absolute atomic E-state index is 0.212. The van der Waals surface area contributed by atoms with Gasteiger partial charge in [-0.25, -0.2) is 4.79 Å². The number of nitrogens with zero attached hydrogens (tertiary/aromatic N) is 1. The molecule has 2 atom stereocenters. The fourth-order valence-corrected chi connectivity index (χ4v) is 2.72. The van der Waals surface area contributed by atoms with Gasteiger partial charge in [-0.15, -0.1) is 0 Å². The summed E-state index contributed by atoms with van der Waals surface area (Å²) in [5, 5.41) is 2.78. The number of likely N-dealkylation sites (tertiary alicyclic amines) is 1. The van der Waals surface area contributed by atoms with Gasteiger partial charge in [0.2, 0.25) is 0 Å². The molecule has 0 aliphatic carbocycles. The molecule has 1 aromatic rings. The number of hydrogen-bond donors (Lipinski definition) is 1. The molecular weight excluding hydrogens is 293 g/mol. The molecule has 0 bridgehead atoms. The second-order valence-electron chi connectivity index (χ2n) is 5.99. The Bertz CT molecular complexity index is 530. The molecule has 22 heavy (non-hydrogen) atoms. The fourth-order valence-electron chi connectivity index (χ4n) is 2.72. The summed E-state index contributed by atoms with van der Waals surface area (Å²) in [5.41, 5.74) is -0.245. The number of alkyl halides is 3. The Hall–Kier alpha value is -1.72. The first-order chi connectivity index (χ1) is 10.3. The van der Waals surface area contributed by atoms with E-state index in [1.54, 1.807) is 17.9 Å². The van der Waals surface area contributed by atoms with Gasteiger partial charge >= 0.3 is 12.2 Å². The molecule has 0 aromatic heterocycles. The molecule has 0 spiro atoms. The molecule has 1 aliphatic heterocycles. The molecule has 2 unspecified atom stereocenters. The van der Waals surface area contributed by atoms with Crippen LogP contribution < -0.4 is 5.32 Å².